The Kier molecular flexibility index (Phi) is 5.94. The molecule has 8 atom stereocenters. The minimum Gasteiger partial charge on any atom is -0.450 e. The third kappa shape index (κ3) is 3.08. The lowest BCUT2D eigenvalue weighted by Gasteiger charge is -2.60. The number of hydrogen-bond acceptors (Lipinski definition) is 6. The van der Waals surface area contributed by atoms with Crippen LogP contribution in [0.5, 0.6) is 0 Å². The van der Waals surface area contributed by atoms with E-state index in [1.165, 1.54) is 5.57 Å². The van der Waals surface area contributed by atoms with Crippen LogP contribution in [0.25, 0.3) is 0 Å². The molecule has 3 saturated carbocycles. The van der Waals surface area contributed by atoms with Gasteiger partial charge in [0.25, 0.3) is 0 Å². The molecule has 0 aromatic carbocycles. The molecule has 0 heterocycles. The summed E-state index contributed by atoms with van der Waals surface area (Å²) in [6, 6.07) is 0. The van der Waals surface area contributed by atoms with Gasteiger partial charge in [0.2, 0.25) is 5.78 Å². The zero-order valence-electron chi connectivity index (χ0n) is 19.9. The first-order valence-corrected chi connectivity index (χ1v) is 12.3. The van der Waals surface area contributed by atoms with Gasteiger partial charge in [-0.05, 0) is 67.3 Å². The molecule has 4 rings (SSSR count). The molecule has 0 aromatic heterocycles. The summed E-state index contributed by atoms with van der Waals surface area (Å²) in [7, 11) is 0. The first-order chi connectivity index (χ1) is 15.0. The van der Waals surface area contributed by atoms with Gasteiger partial charge in [-0.15, -0.1) is 0 Å². The molecule has 0 amide bonds. The van der Waals surface area contributed by atoms with Crippen molar-refractivity contribution in [2.24, 2.45) is 40.4 Å². The number of esters is 1. The third-order valence-electron chi connectivity index (χ3n) is 9.97. The molecule has 0 saturated heterocycles. The normalized spacial score (nSPS) is 45.4. The topological polar surface area (TPSA) is 101 Å². The number of rotatable bonds is 5. The number of ketones is 2. The number of carbonyl (C=O) groups is 3. The van der Waals surface area contributed by atoms with Gasteiger partial charge >= 0.3 is 5.97 Å². The molecule has 2 N–H and O–H groups in total. The van der Waals surface area contributed by atoms with E-state index in [2.05, 4.69) is 20.8 Å². The quantitative estimate of drug-likeness (QED) is 0.629. The zero-order valence-corrected chi connectivity index (χ0v) is 19.9. The Bertz CT molecular complexity index is 847. The number of aliphatic hydroxyl groups excluding tert-OH is 2. The number of ether oxygens (including phenoxy) is 1. The van der Waals surface area contributed by atoms with E-state index in [1.54, 1.807) is 0 Å². The largest absolute Gasteiger partial charge is 0.450 e. The molecule has 32 heavy (non-hydrogen) atoms. The molecule has 4 aliphatic carbocycles. The number of aliphatic hydroxyl groups is 2. The summed E-state index contributed by atoms with van der Waals surface area (Å²) in [5.74, 6) is 0.371. The van der Waals surface area contributed by atoms with Gasteiger partial charge in [-0.3, -0.25) is 14.4 Å². The van der Waals surface area contributed by atoms with Gasteiger partial charge in [0, 0.05) is 17.8 Å². The first kappa shape index (κ1) is 23.6. The molecule has 178 valence electrons. The Morgan fingerprint density at radius 1 is 1.12 bits per heavy atom. The van der Waals surface area contributed by atoms with Gasteiger partial charge < -0.3 is 14.9 Å². The molecule has 0 radical (unpaired) electrons. The maximum absolute atomic E-state index is 13.3. The summed E-state index contributed by atoms with van der Waals surface area (Å²) < 4.78 is 5.96. The minimum absolute atomic E-state index is 0.000609. The molecule has 3 fully saturated rings. The average Bonchev–Trinajstić information content (AvgIpc) is 2.97. The number of allylic oxidation sites excluding steroid dienone is 1. The molecule has 6 nitrogen and oxygen atoms in total. The Morgan fingerprint density at radius 3 is 2.50 bits per heavy atom. The van der Waals surface area contributed by atoms with E-state index in [0.29, 0.717) is 24.2 Å². The van der Waals surface area contributed by atoms with Crippen molar-refractivity contribution in [1.29, 1.82) is 0 Å². The number of carbonyl (C=O) groups excluding carboxylic acids is 3. The summed E-state index contributed by atoms with van der Waals surface area (Å²) >= 11 is 0. The zero-order chi connectivity index (χ0) is 23.5. The highest BCUT2D eigenvalue weighted by Crippen LogP contribution is 2.70. The Morgan fingerprint density at radius 2 is 1.84 bits per heavy atom. The summed E-state index contributed by atoms with van der Waals surface area (Å²) in [6.07, 6.45) is 6.64. The van der Waals surface area contributed by atoms with E-state index >= 15 is 0 Å². The van der Waals surface area contributed by atoms with E-state index < -0.39 is 29.4 Å². The van der Waals surface area contributed by atoms with Crippen LogP contribution in [0.3, 0.4) is 0 Å². The van der Waals surface area contributed by atoms with Crippen molar-refractivity contribution in [3.05, 3.63) is 11.6 Å². The highest BCUT2D eigenvalue weighted by atomic mass is 16.6. The second kappa shape index (κ2) is 8.05. The van der Waals surface area contributed by atoms with Crippen molar-refractivity contribution in [3.63, 3.8) is 0 Å². The second-order valence-corrected chi connectivity index (χ2v) is 11.4. The van der Waals surface area contributed by atoms with E-state index in [4.69, 9.17) is 4.74 Å². The lowest BCUT2D eigenvalue weighted by molar-refractivity contribution is -0.197. The lowest BCUT2D eigenvalue weighted by Crippen LogP contribution is -2.62. The van der Waals surface area contributed by atoms with Crippen molar-refractivity contribution < 1.29 is 29.3 Å². The maximum Gasteiger partial charge on any atom is 0.309 e. The van der Waals surface area contributed by atoms with Crippen LogP contribution in [-0.2, 0) is 19.1 Å². The monoisotopic (exact) mass is 446 g/mol. The maximum atomic E-state index is 13.3. The average molecular weight is 447 g/mol. The third-order valence-corrected chi connectivity index (χ3v) is 9.97. The summed E-state index contributed by atoms with van der Waals surface area (Å²) in [4.78, 5) is 38.0. The van der Waals surface area contributed by atoms with E-state index in [9.17, 15) is 24.6 Å². The van der Waals surface area contributed by atoms with Gasteiger partial charge in [0.15, 0.2) is 11.4 Å². The predicted molar refractivity (Wildman–Crippen MR) is 118 cm³/mol. The Balaban J connectivity index is 1.75. The molecule has 0 unspecified atom stereocenters. The molecule has 4 aliphatic rings. The van der Waals surface area contributed by atoms with Crippen LogP contribution in [0.15, 0.2) is 11.6 Å². The molecule has 0 aliphatic heterocycles. The van der Waals surface area contributed by atoms with E-state index in [-0.39, 0.29) is 36.1 Å². The van der Waals surface area contributed by atoms with Crippen molar-refractivity contribution in [2.45, 2.75) is 78.2 Å². The van der Waals surface area contributed by atoms with Crippen molar-refractivity contribution in [1.82, 2.24) is 0 Å². The van der Waals surface area contributed by atoms with Gasteiger partial charge in [-0.25, -0.2) is 0 Å². The van der Waals surface area contributed by atoms with E-state index in [1.807, 2.05) is 13.0 Å². The van der Waals surface area contributed by atoms with Crippen molar-refractivity contribution in [2.75, 3.05) is 13.2 Å². The van der Waals surface area contributed by atoms with Gasteiger partial charge in [0.05, 0.1) is 13.0 Å². The molecular formula is C26H38O6. The van der Waals surface area contributed by atoms with Crippen LogP contribution >= 0.6 is 0 Å². The van der Waals surface area contributed by atoms with Crippen LogP contribution in [0.4, 0.5) is 0 Å². The lowest BCUT2D eigenvalue weighted by atomic mass is 9.44. The van der Waals surface area contributed by atoms with Crippen LogP contribution in [0.2, 0.25) is 0 Å². The smallest absolute Gasteiger partial charge is 0.309 e. The first-order valence-electron chi connectivity index (χ1n) is 12.3. The fraction of sp³-hybridized carbons (Fsp3) is 0.808. The van der Waals surface area contributed by atoms with Gasteiger partial charge in [0.1, 0.15) is 6.61 Å². The SMILES string of the molecule is C[C@H]1C[C@@H]2[C@H](CC[C@@]3(C)[C@H]2C[C@H](C)[C@]3(OC(=O)CCO)C(=O)CO)[C@@]2(C)CCC(=O)C=C12. The van der Waals surface area contributed by atoms with Crippen LogP contribution in [0.1, 0.15) is 72.6 Å². The molecule has 0 bridgehead atoms. The number of hydrogen-bond donors (Lipinski definition) is 2. The van der Waals surface area contributed by atoms with Crippen molar-refractivity contribution >= 4 is 17.5 Å². The number of fused-ring (bicyclic) bond motifs is 5. The highest BCUT2D eigenvalue weighted by Gasteiger charge is 2.71. The molecule has 6 heteroatoms. The van der Waals surface area contributed by atoms with Gasteiger partial charge in [-0.1, -0.05) is 33.3 Å². The number of Topliss-reactive ketones (excluding diaryl/α,β-unsaturated/α-hetero) is 1. The van der Waals surface area contributed by atoms with E-state index in [0.717, 1.165) is 32.1 Å². The Hall–Kier alpha value is -1.53. The standard InChI is InChI=1S/C26H38O6/c1-15-11-18-19(24(3)8-5-17(29)13-20(15)24)6-9-25(4)21(18)12-16(2)26(25,22(30)14-28)32-23(31)7-10-27/h13,15-16,18-19,21,27-28H,5-12,14H2,1-4H3/t15-,16-,18+,19-,21-,24+,25-,26-/m0/s1. The van der Waals surface area contributed by atoms with Crippen molar-refractivity contribution in [3.8, 4) is 0 Å². The summed E-state index contributed by atoms with van der Waals surface area (Å²) in [5.41, 5.74) is -0.607. The van der Waals surface area contributed by atoms with Crippen LogP contribution in [0, 0.1) is 40.4 Å². The molecule has 0 aromatic rings. The molecular weight excluding hydrogens is 408 g/mol. The summed E-state index contributed by atoms with van der Waals surface area (Å²) in [6.45, 7) is 7.61. The Labute approximate surface area is 190 Å². The highest BCUT2D eigenvalue weighted by molar-refractivity contribution is 5.93. The summed E-state index contributed by atoms with van der Waals surface area (Å²) in [5, 5.41) is 19.1. The second-order valence-electron chi connectivity index (χ2n) is 11.4. The fourth-order valence-electron chi connectivity index (χ4n) is 8.62. The van der Waals surface area contributed by atoms with Crippen LogP contribution in [-0.4, -0.2) is 46.6 Å². The minimum atomic E-state index is -1.35. The molecule has 0 spiro atoms. The van der Waals surface area contributed by atoms with Crippen LogP contribution < -0.4 is 0 Å². The van der Waals surface area contributed by atoms with Gasteiger partial charge in [-0.2, -0.15) is 0 Å². The predicted octanol–water partition coefficient (Wildman–Crippen LogP) is 3.24. The fourth-order valence-corrected chi connectivity index (χ4v) is 8.62.